The summed E-state index contributed by atoms with van der Waals surface area (Å²) in [5, 5.41) is 0. The number of aryl methyl sites for hydroxylation is 1. The second-order valence-electron chi connectivity index (χ2n) is 4.90. The number of nitrogens with two attached hydrogens (primary N) is 1. The van der Waals surface area contributed by atoms with Crippen LogP contribution in [-0.2, 0) is 6.42 Å². The van der Waals surface area contributed by atoms with E-state index < -0.39 is 0 Å². The SMILES string of the molecule is CCCc1cccc(C(=O)C(CN)C(C)C)c1. The third kappa shape index (κ3) is 3.67. The smallest absolute Gasteiger partial charge is 0.167 e. The highest BCUT2D eigenvalue weighted by Gasteiger charge is 2.21. The molecule has 0 aliphatic carbocycles. The van der Waals surface area contributed by atoms with Crippen LogP contribution in [-0.4, -0.2) is 12.3 Å². The molecule has 1 rings (SSSR count). The molecule has 1 aromatic carbocycles. The van der Waals surface area contributed by atoms with E-state index in [-0.39, 0.29) is 11.7 Å². The van der Waals surface area contributed by atoms with Gasteiger partial charge < -0.3 is 5.73 Å². The molecule has 17 heavy (non-hydrogen) atoms. The van der Waals surface area contributed by atoms with Gasteiger partial charge in [0.25, 0.3) is 0 Å². The van der Waals surface area contributed by atoms with Crippen molar-refractivity contribution < 1.29 is 4.79 Å². The van der Waals surface area contributed by atoms with Crippen LogP contribution in [0, 0.1) is 11.8 Å². The summed E-state index contributed by atoms with van der Waals surface area (Å²) in [5.41, 5.74) is 7.73. The highest BCUT2D eigenvalue weighted by atomic mass is 16.1. The number of benzene rings is 1. The van der Waals surface area contributed by atoms with Crippen molar-refractivity contribution in [3.63, 3.8) is 0 Å². The van der Waals surface area contributed by atoms with Gasteiger partial charge in [-0.15, -0.1) is 0 Å². The summed E-state index contributed by atoms with van der Waals surface area (Å²) in [7, 11) is 0. The number of ketones is 1. The lowest BCUT2D eigenvalue weighted by molar-refractivity contribution is 0.0892. The van der Waals surface area contributed by atoms with Crippen molar-refractivity contribution in [1.82, 2.24) is 0 Å². The third-order valence-corrected chi connectivity index (χ3v) is 3.15. The lowest BCUT2D eigenvalue weighted by Crippen LogP contribution is -2.28. The molecule has 0 bridgehead atoms. The van der Waals surface area contributed by atoms with Gasteiger partial charge in [0.15, 0.2) is 5.78 Å². The third-order valence-electron chi connectivity index (χ3n) is 3.15. The molecule has 1 atom stereocenters. The quantitative estimate of drug-likeness (QED) is 0.767. The summed E-state index contributed by atoms with van der Waals surface area (Å²) in [6.45, 7) is 6.66. The van der Waals surface area contributed by atoms with Crippen LogP contribution in [0.3, 0.4) is 0 Å². The van der Waals surface area contributed by atoms with Crippen LogP contribution in [0.25, 0.3) is 0 Å². The molecule has 0 spiro atoms. The highest BCUT2D eigenvalue weighted by Crippen LogP contribution is 2.17. The first-order chi connectivity index (χ1) is 8.10. The lowest BCUT2D eigenvalue weighted by Gasteiger charge is -2.17. The molecular formula is C15H23NO. The maximum Gasteiger partial charge on any atom is 0.167 e. The molecule has 0 heterocycles. The summed E-state index contributed by atoms with van der Waals surface area (Å²) in [4.78, 5) is 12.3. The molecule has 0 saturated carbocycles. The number of hydrogen-bond acceptors (Lipinski definition) is 2. The zero-order valence-electron chi connectivity index (χ0n) is 11.1. The van der Waals surface area contributed by atoms with E-state index >= 15 is 0 Å². The van der Waals surface area contributed by atoms with Crippen LogP contribution in [0.1, 0.15) is 43.1 Å². The normalized spacial score (nSPS) is 12.8. The van der Waals surface area contributed by atoms with Gasteiger partial charge in [0, 0.05) is 18.0 Å². The van der Waals surface area contributed by atoms with Gasteiger partial charge in [0.1, 0.15) is 0 Å². The van der Waals surface area contributed by atoms with Gasteiger partial charge in [-0.2, -0.15) is 0 Å². The minimum Gasteiger partial charge on any atom is -0.330 e. The van der Waals surface area contributed by atoms with Crippen molar-refractivity contribution in [2.45, 2.75) is 33.6 Å². The fourth-order valence-corrected chi connectivity index (χ4v) is 2.06. The van der Waals surface area contributed by atoms with Crippen LogP contribution in [0.5, 0.6) is 0 Å². The number of carbonyl (C=O) groups excluding carboxylic acids is 1. The number of hydrogen-bond donors (Lipinski definition) is 1. The molecule has 0 fully saturated rings. The van der Waals surface area contributed by atoms with Gasteiger partial charge in [-0.25, -0.2) is 0 Å². The average molecular weight is 233 g/mol. The molecule has 2 heteroatoms. The maximum absolute atomic E-state index is 12.3. The monoisotopic (exact) mass is 233 g/mol. The Morgan fingerprint density at radius 1 is 1.35 bits per heavy atom. The molecule has 1 unspecified atom stereocenters. The zero-order valence-corrected chi connectivity index (χ0v) is 11.1. The largest absolute Gasteiger partial charge is 0.330 e. The molecule has 0 amide bonds. The maximum atomic E-state index is 12.3. The second-order valence-corrected chi connectivity index (χ2v) is 4.90. The first-order valence-corrected chi connectivity index (χ1v) is 6.43. The zero-order chi connectivity index (χ0) is 12.8. The lowest BCUT2D eigenvalue weighted by atomic mass is 9.87. The second kappa shape index (κ2) is 6.55. The predicted molar refractivity (Wildman–Crippen MR) is 72.1 cm³/mol. The van der Waals surface area contributed by atoms with E-state index in [2.05, 4.69) is 13.0 Å². The first kappa shape index (κ1) is 13.9. The summed E-state index contributed by atoms with van der Waals surface area (Å²) in [6.07, 6.45) is 2.12. The highest BCUT2D eigenvalue weighted by molar-refractivity contribution is 5.98. The van der Waals surface area contributed by atoms with E-state index in [9.17, 15) is 4.79 Å². The molecular weight excluding hydrogens is 210 g/mol. The standard InChI is InChI=1S/C15H23NO/c1-4-6-12-7-5-8-13(9-12)15(17)14(10-16)11(2)3/h5,7-9,11,14H,4,6,10,16H2,1-3H3. The Kier molecular flexibility index (Phi) is 5.36. The van der Waals surface area contributed by atoms with Crippen LogP contribution in [0.4, 0.5) is 0 Å². The van der Waals surface area contributed by atoms with Crippen molar-refractivity contribution >= 4 is 5.78 Å². The van der Waals surface area contributed by atoms with Crippen LogP contribution in [0.2, 0.25) is 0 Å². The molecule has 0 aliphatic heterocycles. The molecule has 0 radical (unpaired) electrons. The van der Waals surface area contributed by atoms with E-state index in [0.717, 1.165) is 18.4 Å². The molecule has 1 aromatic rings. The number of rotatable bonds is 6. The van der Waals surface area contributed by atoms with Crippen LogP contribution < -0.4 is 5.73 Å². The van der Waals surface area contributed by atoms with Crippen molar-refractivity contribution in [2.24, 2.45) is 17.6 Å². The number of Topliss-reactive ketones (excluding diaryl/α,β-unsaturated/α-hetero) is 1. The molecule has 0 aliphatic rings. The topological polar surface area (TPSA) is 43.1 Å². The fourth-order valence-electron chi connectivity index (χ4n) is 2.06. The van der Waals surface area contributed by atoms with Crippen molar-refractivity contribution in [3.8, 4) is 0 Å². The molecule has 94 valence electrons. The van der Waals surface area contributed by atoms with E-state index in [0.29, 0.717) is 12.5 Å². The van der Waals surface area contributed by atoms with Gasteiger partial charge in [-0.3, -0.25) is 4.79 Å². The number of carbonyl (C=O) groups is 1. The Labute approximate surface area is 104 Å². The minimum absolute atomic E-state index is 0.0631. The Morgan fingerprint density at radius 2 is 2.06 bits per heavy atom. The van der Waals surface area contributed by atoms with E-state index in [1.54, 1.807) is 0 Å². The van der Waals surface area contributed by atoms with Crippen LogP contribution in [0.15, 0.2) is 24.3 Å². The van der Waals surface area contributed by atoms with Crippen molar-refractivity contribution in [3.05, 3.63) is 35.4 Å². The molecule has 2 N–H and O–H groups in total. The van der Waals surface area contributed by atoms with E-state index in [1.165, 1.54) is 5.56 Å². The first-order valence-electron chi connectivity index (χ1n) is 6.43. The molecule has 0 saturated heterocycles. The summed E-state index contributed by atoms with van der Waals surface area (Å²) in [5.74, 6) is 0.412. The van der Waals surface area contributed by atoms with E-state index in [4.69, 9.17) is 5.73 Å². The van der Waals surface area contributed by atoms with Gasteiger partial charge in [-0.05, 0) is 24.0 Å². The van der Waals surface area contributed by atoms with Gasteiger partial charge in [0.05, 0.1) is 0 Å². The van der Waals surface area contributed by atoms with Crippen LogP contribution >= 0.6 is 0 Å². The average Bonchev–Trinajstić information content (AvgIpc) is 2.30. The Balaban J connectivity index is 2.91. The Bertz CT molecular complexity index is 371. The van der Waals surface area contributed by atoms with Gasteiger partial charge >= 0.3 is 0 Å². The van der Waals surface area contributed by atoms with Gasteiger partial charge in [-0.1, -0.05) is 45.4 Å². The van der Waals surface area contributed by atoms with E-state index in [1.807, 2.05) is 32.0 Å². The van der Waals surface area contributed by atoms with Gasteiger partial charge in [0.2, 0.25) is 0 Å². The Morgan fingerprint density at radius 3 is 2.59 bits per heavy atom. The predicted octanol–water partition coefficient (Wildman–Crippen LogP) is 3.05. The Hall–Kier alpha value is -1.15. The minimum atomic E-state index is -0.0631. The summed E-state index contributed by atoms with van der Waals surface area (Å²) < 4.78 is 0. The summed E-state index contributed by atoms with van der Waals surface area (Å²) >= 11 is 0. The van der Waals surface area contributed by atoms with Crippen molar-refractivity contribution in [2.75, 3.05) is 6.54 Å². The molecule has 2 nitrogen and oxygen atoms in total. The van der Waals surface area contributed by atoms with Crippen molar-refractivity contribution in [1.29, 1.82) is 0 Å². The fraction of sp³-hybridized carbons (Fsp3) is 0.533. The summed E-state index contributed by atoms with van der Waals surface area (Å²) in [6, 6.07) is 7.95. The molecule has 0 aromatic heterocycles.